The summed E-state index contributed by atoms with van der Waals surface area (Å²) >= 11 is 1.37. The first-order valence-electron chi connectivity index (χ1n) is 6.00. The maximum atomic E-state index is 12.3. The highest BCUT2D eigenvalue weighted by Gasteiger charge is 2.35. The molecule has 0 spiro atoms. The van der Waals surface area contributed by atoms with E-state index in [2.05, 4.69) is 10.3 Å². The third-order valence-electron chi connectivity index (χ3n) is 3.34. The average Bonchev–Trinajstić information content (AvgIpc) is 2.99. The van der Waals surface area contributed by atoms with E-state index in [0.717, 1.165) is 11.1 Å². The first-order chi connectivity index (χ1) is 9.16. The van der Waals surface area contributed by atoms with Crippen molar-refractivity contribution >= 4 is 28.2 Å². The minimum absolute atomic E-state index is 0.0398. The summed E-state index contributed by atoms with van der Waals surface area (Å²) in [5, 5.41) is 5.14. The summed E-state index contributed by atoms with van der Waals surface area (Å²) in [6.07, 6.45) is 1.89. The number of hydrogen-bond acceptors (Lipinski definition) is 4. The number of amides is 1. The van der Waals surface area contributed by atoms with E-state index in [-0.39, 0.29) is 18.1 Å². The number of nitrogens with one attached hydrogen (secondary N) is 1. The van der Waals surface area contributed by atoms with Crippen LogP contribution in [0.25, 0.3) is 0 Å². The molecule has 0 saturated heterocycles. The molecule has 0 saturated carbocycles. The Balaban J connectivity index is 1.92. The van der Waals surface area contributed by atoms with E-state index >= 15 is 0 Å². The Labute approximate surface area is 114 Å². The van der Waals surface area contributed by atoms with Gasteiger partial charge in [0.1, 0.15) is 0 Å². The second kappa shape index (κ2) is 4.59. The van der Waals surface area contributed by atoms with Crippen molar-refractivity contribution in [2.45, 2.75) is 19.3 Å². The Morgan fingerprint density at radius 2 is 2.32 bits per heavy atom. The van der Waals surface area contributed by atoms with Gasteiger partial charge in [0.15, 0.2) is 10.9 Å². The van der Waals surface area contributed by atoms with Crippen LogP contribution in [0, 0.1) is 6.92 Å². The van der Waals surface area contributed by atoms with Crippen LogP contribution in [-0.2, 0) is 4.79 Å². The van der Waals surface area contributed by atoms with Gasteiger partial charge in [-0.3, -0.25) is 9.59 Å². The molecule has 1 aliphatic rings. The lowest BCUT2D eigenvalue weighted by Gasteiger charge is -2.12. The molecule has 1 aromatic heterocycles. The number of hydrogen-bond donors (Lipinski definition) is 1. The van der Waals surface area contributed by atoms with Crippen LogP contribution in [0.15, 0.2) is 29.8 Å². The van der Waals surface area contributed by atoms with Gasteiger partial charge in [0.25, 0.3) is 0 Å². The van der Waals surface area contributed by atoms with Crippen molar-refractivity contribution in [1.29, 1.82) is 0 Å². The molecule has 19 heavy (non-hydrogen) atoms. The molecule has 1 N–H and O–H groups in total. The van der Waals surface area contributed by atoms with Crippen molar-refractivity contribution in [1.82, 2.24) is 4.98 Å². The Kier molecular flexibility index (Phi) is 2.91. The molecule has 3 rings (SSSR count). The smallest absolute Gasteiger partial charge is 0.234 e. The summed E-state index contributed by atoms with van der Waals surface area (Å²) in [6.45, 7) is 1.93. The van der Waals surface area contributed by atoms with Crippen molar-refractivity contribution < 1.29 is 9.59 Å². The number of aromatic nitrogens is 1. The van der Waals surface area contributed by atoms with Gasteiger partial charge in [-0.25, -0.2) is 4.98 Å². The van der Waals surface area contributed by atoms with Crippen LogP contribution in [0.1, 0.15) is 33.8 Å². The number of fused-ring (bicyclic) bond motifs is 1. The van der Waals surface area contributed by atoms with Crippen LogP contribution >= 0.6 is 11.3 Å². The maximum Gasteiger partial charge on any atom is 0.234 e. The molecule has 2 aromatic rings. The second-order valence-corrected chi connectivity index (χ2v) is 5.44. The van der Waals surface area contributed by atoms with Gasteiger partial charge in [-0.2, -0.15) is 0 Å². The number of nitrogens with zero attached hydrogens (tertiary/aromatic N) is 1. The third-order valence-corrected chi connectivity index (χ3v) is 4.03. The molecule has 1 unspecified atom stereocenters. The van der Waals surface area contributed by atoms with Crippen molar-refractivity contribution in [3.63, 3.8) is 0 Å². The number of carbonyl (C=O) groups excluding carboxylic acids is 2. The van der Waals surface area contributed by atoms with Gasteiger partial charge < -0.3 is 5.32 Å². The third kappa shape index (κ3) is 2.06. The highest BCUT2D eigenvalue weighted by Crippen LogP contribution is 2.36. The van der Waals surface area contributed by atoms with Crippen LogP contribution in [0.3, 0.4) is 0 Å². The normalized spacial score (nSPS) is 17.3. The van der Waals surface area contributed by atoms with Crippen LogP contribution in [0.4, 0.5) is 5.13 Å². The zero-order valence-electron chi connectivity index (χ0n) is 10.3. The van der Waals surface area contributed by atoms with Gasteiger partial charge in [-0.05, 0) is 18.1 Å². The lowest BCUT2D eigenvalue weighted by molar-refractivity contribution is -0.117. The molecule has 0 fully saturated rings. The highest BCUT2D eigenvalue weighted by molar-refractivity contribution is 7.13. The number of anilines is 1. The van der Waals surface area contributed by atoms with Crippen LogP contribution in [-0.4, -0.2) is 16.7 Å². The number of benzene rings is 1. The minimum atomic E-state index is -0.396. The van der Waals surface area contributed by atoms with Crippen molar-refractivity contribution in [3.05, 3.63) is 46.5 Å². The molecule has 0 bridgehead atoms. The molecular formula is C14H12N2O2S. The molecular weight excluding hydrogens is 260 g/mol. The Morgan fingerprint density at radius 1 is 1.47 bits per heavy atom. The van der Waals surface area contributed by atoms with Crippen LogP contribution in [0.2, 0.25) is 0 Å². The van der Waals surface area contributed by atoms with E-state index in [1.54, 1.807) is 17.6 Å². The summed E-state index contributed by atoms with van der Waals surface area (Å²) in [5.74, 6) is -0.512. The summed E-state index contributed by atoms with van der Waals surface area (Å²) in [5.41, 5.74) is 2.53. The first-order valence-corrected chi connectivity index (χ1v) is 6.88. The molecule has 96 valence electrons. The average molecular weight is 272 g/mol. The van der Waals surface area contributed by atoms with Crippen molar-refractivity contribution in [2.24, 2.45) is 0 Å². The van der Waals surface area contributed by atoms with Gasteiger partial charge in [-0.15, -0.1) is 11.3 Å². The number of aryl methyl sites for hydroxylation is 1. The number of thiazole rings is 1. The predicted octanol–water partition coefficient (Wildman–Crippen LogP) is 2.76. The molecule has 0 aliphatic heterocycles. The zero-order valence-corrected chi connectivity index (χ0v) is 11.2. The van der Waals surface area contributed by atoms with E-state index in [9.17, 15) is 9.59 Å². The molecule has 1 aliphatic carbocycles. The largest absolute Gasteiger partial charge is 0.301 e. The molecule has 0 radical (unpaired) electrons. The topological polar surface area (TPSA) is 59.1 Å². The number of ketones is 1. The number of Topliss-reactive ketones (excluding diaryl/α,β-unsaturated/α-hetero) is 1. The Bertz CT molecular complexity index is 649. The summed E-state index contributed by atoms with van der Waals surface area (Å²) in [4.78, 5) is 28.2. The fraction of sp³-hybridized carbons (Fsp3) is 0.214. The van der Waals surface area contributed by atoms with Gasteiger partial charge in [0.05, 0.1) is 5.92 Å². The van der Waals surface area contributed by atoms with Crippen molar-refractivity contribution in [3.8, 4) is 0 Å². The molecule has 1 heterocycles. The van der Waals surface area contributed by atoms with E-state index in [1.807, 2.05) is 19.1 Å². The lowest BCUT2D eigenvalue weighted by atomic mass is 9.96. The Hall–Kier alpha value is -2.01. The molecule has 4 nitrogen and oxygen atoms in total. The zero-order chi connectivity index (χ0) is 13.4. The van der Waals surface area contributed by atoms with E-state index < -0.39 is 5.92 Å². The summed E-state index contributed by atoms with van der Waals surface area (Å²) in [7, 11) is 0. The quantitative estimate of drug-likeness (QED) is 0.914. The Morgan fingerprint density at radius 3 is 3.05 bits per heavy atom. The fourth-order valence-corrected chi connectivity index (χ4v) is 3.02. The fourth-order valence-electron chi connectivity index (χ4n) is 2.49. The second-order valence-electron chi connectivity index (χ2n) is 4.54. The molecule has 1 aromatic carbocycles. The van der Waals surface area contributed by atoms with Gasteiger partial charge >= 0.3 is 0 Å². The summed E-state index contributed by atoms with van der Waals surface area (Å²) in [6, 6.07) is 5.58. The van der Waals surface area contributed by atoms with Crippen LogP contribution < -0.4 is 5.32 Å². The van der Waals surface area contributed by atoms with Crippen LogP contribution in [0.5, 0.6) is 0 Å². The predicted molar refractivity (Wildman–Crippen MR) is 73.6 cm³/mol. The standard InChI is InChI=1S/C14H12N2O2S/c1-8-3-2-4-9-11(17)7-10(12(8)9)13(18)16-14-15-5-6-19-14/h2-6,10H,7H2,1H3,(H,15,16,18). The van der Waals surface area contributed by atoms with Gasteiger partial charge in [0, 0.05) is 23.6 Å². The molecule has 5 heteroatoms. The van der Waals surface area contributed by atoms with E-state index in [1.165, 1.54) is 11.3 Å². The SMILES string of the molecule is Cc1cccc2c1C(C(=O)Nc1nccs1)CC2=O. The monoisotopic (exact) mass is 272 g/mol. The maximum absolute atomic E-state index is 12.3. The summed E-state index contributed by atoms with van der Waals surface area (Å²) < 4.78 is 0. The minimum Gasteiger partial charge on any atom is -0.301 e. The van der Waals surface area contributed by atoms with Gasteiger partial charge in [0.2, 0.25) is 5.91 Å². The number of rotatable bonds is 2. The molecule has 1 amide bonds. The van der Waals surface area contributed by atoms with Crippen molar-refractivity contribution in [2.75, 3.05) is 5.32 Å². The molecule has 1 atom stereocenters. The van der Waals surface area contributed by atoms with Gasteiger partial charge in [-0.1, -0.05) is 18.2 Å². The first kappa shape index (κ1) is 12.0. The van der Waals surface area contributed by atoms with E-state index in [0.29, 0.717) is 10.7 Å². The van der Waals surface area contributed by atoms with E-state index in [4.69, 9.17) is 0 Å². The lowest BCUT2D eigenvalue weighted by Crippen LogP contribution is -2.20. The highest BCUT2D eigenvalue weighted by atomic mass is 32.1. The number of carbonyl (C=O) groups is 2.